The van der Waals surface area contributed by atoms with Crippen molar-refractivity contribution in [2.45, 2.75) is 12.6 Å². The number of rotatable bonds is 3. The molecule has 3 N–H and O–H groups in total. The van der Waals surface area contributed by atoms with Crippen LogP contribution in [0.15, 0.2) is 24.3 Å². The van der Waals surface area contributed by atoms with Gasteiger partial charge in [0.2, 0.25) is 5.91 Å². The molecular weight excluding hydrogens is 192 g/mol. The summed E-state index contributed by atoms with van der Waals surface area (Å²) in [5.41, 5.74) is 6.78. The lowest BCUT2D eigenvalue weighted by molar-refractivity contribution is -0.00287. The Morgan fingerprint density at radius 2 is 2.27 bits per heavy atom. The number of benzene rings is 1. The minimum absolute atomic E-state index is 0.190. The number of β-amino-alcohol motifs (C(OH)–C–C–N with tert-alkyl or cyclic N) is 1. The van der Waals surface area contributed by atoms with Crippen LogP contribution in [0.5, 0.6) is 0 Å². The van der Waals surface area contributed by atoms with Crippen LogP contribution in [0.2, 0.25) is 0 Å². The second kappa shape index (κ2) is 4.00. The normalized spacial score (nSPS) is 17.4. The summed E-state index contributed by atoms with van der Waals surface area (Å²) in [4.78, 5) is 13.1. The van der Waals surface area contributed by atoms with Crippen molar-refractivity contribution in [2.24, 2.45) is 5.73 Å². The zero-order chi connectivity index (χ0) is 10.8. The van der Waals surface area contributed by atoms with Gasteiger partial charge >= 0.3 is 0 Å². The average Bonchev–Trinajstić information content (AvgIpc) is 2.16. The van der Waals surface area contributed by atoms with Gasteiger partial charge < -0.3 is 10.8 Å². The molecule has 0 unspecified atom stereocenters. The zero-order valence-corrected chi connectivity index (χ0v) is 8.39. The number of likely N-dealkylation sites (tertiary alicyclic amines) is 1. The Labute approximate surface area is 88.3 Å². The fourth-order valence-corrected chi connectivity index (χ4v) is 1.75. The Hall–Kier alpha value is -1.39. The molecule has 0 spiro atoms. The van der Waals surface area contributed by atoms with Gasteiger partial charge in [-0.25, -0.2) is 0 Å². The van der Waals surface area contributed by atoms with Crippen molar-refractivity contribution in [2.75, 3.05) is 13.1 Å². The molecule has 1 fully saturated rings. The molecule has 4 heteroatoms. The van der Waals surface area contributed by atoms with Crippen molar-refractivity contribution >= 4 is 5.91 Å². The Bertz CT molecular complexity index is 373. The van der Waals surface area contributed by atoms with E-state index in [1.807, 2.05) is 12.1 Å². The highest BCUT2D eigenvalue weighted by Crippen LogP contribution is 2.13. The van der Waals surface area contributed by atoms with Gasteiger partial charge in [0.15, 0.2) is 0 Å². The summed E-state index contributed by atoms with van der Waals surface area (Å²) in [7, 11) is 0. The van der Waals surface area contributed by atoms with E-state index in [-0.39, 0.29) is 6.10 Å². The standard InChI is InChI=1S/C11H14N2O2/c12-11(15)9-3-1-2-8(4-9)5-13-6-10(14)7-13/h1-4,10,14H,5-7H2,(H2,12,15). The van der Waals surface area contributed by atoms with E-state index in [1.165, 1.54) is 0 Å². The molecule has 1 saturated heterocycles. The molecule has 1 aliphatic heterocycles. The molecular formula is C11H14N2O2. The van der Waals surface area contributed by atoms with Gasteiger partial charge in [0.1, 0.15) is 0 Å². The quantitative estimate of drug-likeness (QED) is 0.729. The van der Waals surface area contributed by atoms with E-state index in [1.54, 1.807) is 12.1 Å². The van der Waals surface area contributed by atoms with Gasteiger partial charge in [-0.2, -0.15) is 0 Å². The summed E-state index contributed by atoms with van der Waals surface area (Å²) in [6.45, 7) is 2.18. The number of amides is 1. The summed E-state index contributed by atoms with van der Waals surface area (Å²) in [5.74, 6) is -0.402. The monoisotopic (exact) mass is 206 g/mol. The molecule has 1 aromatic carbocycles. The van der Waals surface area contributed by atoms with Crippen molar-refractivity contribution in [1.82, 2.24) is 4.90 Å². The topological polar surface area (TPSA) is 66.6 Å². The summed E-state index contributed by atoms with van der Waals surface area (Å²) in [6, 6.07) is 7.28. The molecule has 0 radical (unpaired) electrons. The molecule has 0 bridgehead atoms. The Morgan fingerprint density at radius 1 is 1.53 bits per heavy atom. The lowest BCUT2D eigenvalue weighted by atomic mass is 10.1. The van der Waals surface area contributed by atoms with Crippen molar-refractivity contribution < 1.29 is 9.90 Å². The third-order valence-corrected chi connectivity index (χ3v) is 2.56. The SMILES string of the molecule is NC(=O)c1cccc(CN2CC(O)C2)c1. The predicted molar refractivity (Wildman–Crippen MR) is 56.2 cm³/mol. The largest absolute Gasteiger partial charge is 0.390 e. The number of aliphatic hydroxyl groups excluding tert-OH is 1. The minimum Gasteiger partial charge on any atom is -0.390 e. The fourth-order valence-electron chi connectivity index (χ4n) is 1.75. The lowest BCUT2D eigenvalue weighted by Gasteiger charge is -2.35. The van der Waals surface area contributed by atoms with Crippen LogP contribution in [0.3, 0.4) is 0 Å². The van der Waals surface area contributed by atoms with Crippen LogP contribution in [0, 0.1) is 0 Å². The maximum atomic E-state index is 10.9. The van der Waals surface area contributed by atoms with E-state index in [9.17, 15) is 4.79 Å². The van der Waals surface area contributed by atoms with Crippen LogP contribution in [-0.2, 0) is 6.54 Å². The third-order valence-electron chi connectivity index (χ3n) is 2.56. The molecule has 0 aromatic heterocycles. The van der Waals surface area contributed by atoms with Crippen molar-refractivity contribution in [3.63, 3.8) is 0 Å². The Kier molecular flexibility index (Phi) is 2.70. The average molecular weight is 206 g/mol. The molecule has 15 heavy (non-hydrogen) atoms. The first kappa shape index (κ1) is 10.1. The van der Waals surface area contributed by atoms with Crippen LogP contribution in [0.1, 0.15) is 15.9 Å². The van der Waals surface area contributed by atoms with E-state index in [4.69, 9.17) is 10.8 Å². The number of hydrogen-bond donors (Lipinski definition) is 2. The van der Waals surface area contributed by atoms with Gasteiger partial charge in [0.25, 0.3) is 0 Å². The number of nitrogens with zero attached hydrogens (tertiary/aromatic N) is 1. The molecule has 1 aliphatic rings. The van der Waals surface area contributed by atoms with E-state index >= 15 is 0 Å². The Morgan fingerprint density at radius 3 is 2.87 bits per heavy atom. The molecule has 80 valence electrons. The molecule has 2 rings (SSSR count). The Balaban J connectivity index is 2.02. The molecule has 4 nitrogen and oxygen atoms in total. The summed E-state index contributed by atoms with van der Waals surface area (Å²) >= 11 is 0. The minimum atomic E-state index is -0.402. The van der Waals surface area contributed by atoms with Crippen molar-refractivity contribution in [3.8, 4) is 0 Å². The highest BCUT2D eigenvalue weighted by Gasteiger charge is 2.23. The molecule has 0 atom stereocenters. The van der Waals surface area contributed by atoms with Crippen LogP contribution in [0.4, 0.5) is 0 Å². The maximum absolute atomic E-state index is 10.9. The number of carbonyl (C=O) groups excluding carboxylic acids is 1. The summed E-state index contributed by atoms with van der Waals surface area (Å²) < 4.78 is 0. The zero-order valence-electron chi connectivity index (χ0n) is 8.39. The van der Waals surface area contributed by atoms with Crippen molar-refractivity contribution in [3.05, 3.63) is 35.4 Å². The lowest BCUT2D eigenvalue weighted by Crippen LogP contribution is -2.49. The van der Waals surface area contributed by atoms with Crippen LogP contribution in [-0.4, -0.2) is 35.1 Å². The number of carbonyl (C=O) groups is 1. The number of aliphatic hydroxyl groups is 1. The van der Waals surface area contributed by atoms with Crippen LogP contribution >= 0.6 is 0 Å². The second-order valence-electron chi connectivity index (χ2n) is 3.91. The van der Waals surface area contributed by atoms with Crippen LogP contribution < -0.4 is 5.73 Å². The van der Waals surface area contributed by atoms with Crippen molar-refractivity contribution in [1.29, 1.82) is 0 Å². The number of nitrogens with two attached hydrogens (primary N) is 1. The highest BCUT2D eigenvalue weighted by atomic mass is 16.3. The third kappa shape index (κ3) is 2.34. The fraction of sp³-hybridized carbons (Fsp3) is 0.364. The molecule has 1 amide bonds. The molecule has 0 aliphatic carbocycles. The smallest absolute Gasteiger partial charge is 0.248 e. The summed E-state index contributed by atoms with van der Waals surface area (Å²) in [6.07, 6.45) is -0.190. The first-order valence-corrected chi connectivity index (χ1v) is 4.94. The van der Waals surface area contributed by atoms with E-state index in [2.05, 4.69) is 4.90 Å². The number of hydrogen-bond acceptors (Lipinski definition) is 3. The van der Waals surface area contributed by atoms with E-state index in [0.717, 1.165) is 12.1 Å². The highest BCUT2D eigenvalue weighted by molar-refractivity contribution is 5.92. The van der Waals surface area contributed by atoms with E-state index < -0.39 is 5.91 Å². The van der Waals surface area contributed by atoms with Gasteiger partial charge in [-0.1, -0.05) is 12.1 Å². The van der Waals surface area contributed by atoms with Crippen LogP contribution in [0.25, 0.3) is 0 Å². The van der Waals surface area contributed by atoms with Gasteiger partial charge in [-0.3, -0.25) is 9.69 Å². The van der Waals surface area contributed by atoms with Gasteiger partial charge in [-0.15, -0.1) is 0 Å². The van der Waals surface area contributed by atoms with Gasteiger partial charge in [0, 0.05) is 25.2 Å². The molecule has 0 saturated carbocycles. The first-order chi connectivity index (χ1) is 7.15. The van der Waals surface area contributed by atoms with E-state index in [0.29, 0.717) is 18.7 Å². The second-order valence-corrected chi connectivity index (χ2v) is 3.91. The van der Waals surface area contributed by atoms with Gasteiger partial charge in [-0.05, 0) is 17.7 Å². The predicted octanol–water partition coefficient (Wildman–Crippen LogP) is -0.0380. The summed E-state index contributed by atoms with van der Waals surface area (Å²) in [5, 5.41) is 9.12. The van der Waals surface area contributed by atoms with Gasteiger partial charge in [0.05, 0.1) is 6.10 Å². The maximum Gasteiger partial charge on any atom is 0.248 e. The first-order valence-electron chi connectivity index (χ1n) is 4.94. The molecule has 1 aromatic rings. The number of primary amides is 1. The molecule has 1 heterocycles.